The lowest BCUT2D eigenvalue weighted by atomic mass is 9.66. The van der Waals surface area contributed by atoms with Crippen LogP contribution in [0, 0.1) is 11.3 Å². The number of carbonyl (C=O) groups excluding carboxylic acids is 3. The van der Waals surface area contributed by atoms with Gasteiger partial charge in [0, 0.05) is 5.92 Å². The van der Waals surface area contributed by atoms with Crippen molar-refractivity contribution in [2.75, 3.05) is 14.2 Å². The van der Waals surface area contributed by atoms with E-state index in [1.165, 1.54) is 14.2 Å². The monoisotopic (exact) mass is 228 g/mol. The van der Waals surface area contributed by atoms with Crippen molar-refractivity contribution >= 4 is 18.2 Å². The summed E-state index contributed by atoms with van der Waals surface area (Å²) < 4.78 is 9.30. The fraction of sp³-hybridized carbons (Fsp3) is 0.727. The van der Waals surface area contributed by atoms with Gasteiger partial charge in [0.15, 0.2) is 5.41 Å². The first-order valence-corrected chi connectivity index (χ1v) is 5.25. The molecule has 1 aliphatic carbocycles. The van der Waals surface area contributed by atoms with Gasteiger partial charge in [0.05, 0.1) is 14.2 Å². The molecule has 0 amide bonds. The number of hydrogen-bond acceptors (Lipinski definition) is 5. The van der Waals surface area contributed by atoms with Crippen molar-refractivity contribution in [1.82, 2.24) is 0 Å². The van der Waals surface area contributed by atoms with E-state index in [1.807, 2.05) is 0 Å². The molecule has 0 bridgehead atoms. The van der Waals surface area contributed by atoms with E-state index in [2.05, 4.69) is 9.47 Å². The maximum atomic E-state index is 11.8. The number of esters is 2. The number of hydrogen-bond donors (Lipinski definition) is 0. The molecule has 90 valence electrons. The highest BCUT2D eigenvalue weighted by Gasteiger charge is 2.55. The van der Waals surface area contributed by atoms with E-state index in [9.17, 15) is 14.4 Å². The molecule has 1 unspecified atom stereocenters. The Labute approximate surface area is 94.1 Å². The first-order valence-electron chi connectivity index (χ1n) is 5.25. The second-order valence-corrected chi connectivity index (χ2v) is 3.94. The van der Waals surface area contributed by atoms with Crippen molar-refractivity contribution in [2.45, 2.75) is 25.7 Å². The molecule has 1 aliphatic rings. The maximum absolute atomic E-state index is 11.8. The largest absolute Gasteiger partial charge is 0.468 e. The van der Waals surface area contributed by atoms with Crippen LogP contribution in [0.15, 0.2) is 0 Å². The fourth-order valence-electron chi connectivity index (χ4n) is 2.34. The van der Waals surface area contributed by atoms with Crippen molar-refractivity contribution in [2.24, 2.45) is 11.3 Å². The second kappa shape index (κ2) is 5.09. The summed E-state index contributed by atoms with van der Waals surface area (Å²) in [4.78, 5) is 34.6. The van der Waals surface area contributed by atoms with Crippen LogP contribution in [0.25, 0.3) is 0 Å². The van der Waals surface area contributed by atoms with E-state index in [0.29, 0.717) is 25.5 Å². The summed E-state index contributed by atoms with van der Waals surface area (Å²) in [5.74, 6) is -1.98. The minimum Gasteiger partial charge on any atom is -0.468 e. The maximum Gasteiger partial charge on any atom is 0.323 e. The Morgan fingerprint density at radius 2 is 1.75 bits per heavy atom. The molecular weight excluding hydrogens is 212 g/mol. The first kappa shape index (κ1) is 12.7. The van der Waals surface area contributed by atoms with Crippen LogP contribution in [-0.2, 0) is 23.9 Å². The molecule has 0 aromatic rings. The van der Waals surface area contributed by atoms with Crippen molar-refractivity contribution in [3.63, 3.8) is 0 Å². The highest BCUT2D eigenvalue weighted by atomic mass is 16.5. The molecule has 16 heavy (non-hydrogen) atoms. The van der Waals surface area contributed by atoms with Gasteiger partial charge < -0.3 is 14.3 Å². The summed E-state index contributed by atoms with van der Waals surface area (Å²) >= 11 is 0. The lowest BCUT2D eigenvalue weighted by molar-refractivity contribution is -0.177. The normalized spacial score (nSPS) is 23.2. The Morgan fingerprint density at radius 1 is 1.19 bits per heavy atom. The predicted molar refractivity (Wildman–Crippen MR) is 54.5 cm³/mol. The number of carbonyl (C=O) groups is 3. The summed E-state index contributed by atoms with van der Waals surface area (Å²) in [7, 11) is 2.42. The third-order valence-electron chi connectivity index (χ3n) is 3.23. The molecule has 0 aromatic carbocycles. The molecule has 5 heteroatoms. The SMILES string of the molecule is COC(=O)C1(C(=O)OC)CCCCC1C=O. The highest BCUT2D eigenvalue weighted by Crippen LogP contribution is 2.42. The molecule has 0 N–H and O–H groups in total. The van der Waals surface area contributed by atoms with Crippen LogP contribution < -0.4 is 0 Å². The van der Waals surface area contributed by atoms with Crippen LogP contribution in [0.2, 0.25) is 0 Å². The van der Waals surface area contributed by atoms with Crippen LogP contribution >= 0.6 is 0 Å². The van der Waals surface area contributed by atoms with E-state index in [4.69, 9.17) is 0 Å². The average Bonchev–Trinajstić information content (AvgIpc) is 2.36. The Hall–Kier alpha value is -1.39. The van der Waals surface area contributed by atoms with Gasteiger partial charge in [-0.1, -0.05) is 12.8 Å². The van der Waals surface area contributed by atoms with E-state index in [1.54, 1.807) is 0 Å². The smallest absolute Gasteiger partial charge is 0.323 e. The zero-order valence-corrected chi connectivity index (χ0v) is 9.52. The number of rotatable bonds is 3. The van der Waals surface area contributed by atoms with Crippen molar-refractivity contribution in [3.05, 3.63) is 0 Å². The standard InChI is InChI=1S/C11H16O5/c1-15-9(13)11(10(14)16-2)6-4-3-5-8(11)7-12/h7-8H,3-6H2,1-2H3. The predicted octanol–water partition coefficient (Wildman–Crippen LogP) is 0.708. The van der Waals surface area contributed by atoms with E-state index < -0.39 is 23.3 Å². The summed E-state index contributed by atoms with van der Waals surface area (Å²) in [6.07, 6.45) is 3.05. The molecule has 1 fully saturated rings. The molecule has 1 rings (SSSR count). The van der Waals surface area contributed by atoms with E-state index in [0.717, 1.165) is 6.42 Å². The van der Waals surface area contributed by atoms with Gasteiger partial charge in [-0.15, -0.1) is 0 Å². The third kappa shape index (κ3) is 1.81. The molecule has 5 nitrogen and oxygen atoms in total. The van der Waals surface area contributed by atoms with Crippen LogP contribution in [0.5, 0.6) is 0 Å². The minimum atomic E-state index is -1.43. The van der Waals surface area contributed by atoms with E-state index in [-0.39, 0.29) is 0 Å². The van der Waals surface area contributed by atoms with Crippen molar-refractivity contribution < 1.29 is 23.9 Å². The van der Waals surface area contributed by atoms with Gasteiger partial charge in [-0.25, -0.2) is 0 Å². The number of aldehydes is 1. The lowest BCUT2D eigenvalue weighted by Crippen LogP contribution is -2.49. The fourth-order valence-corrected chi connectivity index (χ4v) is 2.34. The zero-order valence-electron chi connectivity index (χ0n) is 9.52. The summed E-state index contributed by atoms with van der Waals surface area (Å²) in [6.45, 7) is 0. The van der Waals surface area contributed by atoms with Crippen LogP contribution in [-0.4, -0.2) is 32.4 Å². The minimum absolute atomic E-state index is 0.315. The first-order chi connectivity index (χ1) is 7.63. The van der Waals surface area contributed by atoms with Crippen molar-refractivity contribution in [3.8, 4) is 0 Å². The Bertz CT molecular complexity index is 281. The van der Waals surface area contributed by atoms with Crippen molar-refractivity contribution in [1.29, 1.82) is 0 Å². The van der Waals surface area contributed by atoms with Gasteiger partial charge in [-0.05, 0) is 12.8 Å². The molecule has 0 spiro atoms. The number of ether oxygens (including phenoxy) is 2. The molecule has 0 saturated heterocycles. The Morgan fingerprint density at radius 3 is 2.19 bits per heavy atom. The van der Waals surface area contributed by atoms with Crippen LogP contribution in [0.1, 0.15) is 25.7 Å². The number of methoxy groups -OCH3 is 2. The molecule has 0 aliphatic heterocycles. The van der Waals surface area contributed by atoms with Crippen LogP contribution in [0.3, 0.4) is 0 Å². The second-order valence-electron chi connectivity index (χ2n) is 3.94. The van der Waals surface area contributed by atoms with Crippen LogP contribution in [0.4, 0.5) is 0 Å². The Balaban J connectivity index is 3.13. The Kier molecular flexibility index (Phi) is 4.04. The highest BCUT2D eigenvalue weighted by molar-refractivity contribution is 6.02. The molecular formula is C11H16O5. The summed E-state index contributed by atoms with van der Waals surface area (Å²) in [5.41, 5.74) is -1.43. The quantitative estimate of drug-likeness (QED) is 0.404. The summed E-state index contributed by atoms with van der Waals surface area (Å²) in [6, 6.07) is 0. The van der Waals surface area contributed by atoms with Gasteiger partial charge in [0.25, 0.3) is 0 Å². The average molecular weight is 228 g/mol. The van der Waals surface area contributed by atoms with Gasteiger partial charge in [-0.2, -0.15) is 0 Å². The molecule has 0 radical (unpaired) electrons. The van der Waals surface area contributed by atoms with E-state index >= 15 is 0 Å². The molecule has 1 saturated carbocycles. The molecule has 0 heterocycles. The van der Waals surface area contributed by atoms with Gasteiger partial charge in [-0.3, -0.25) is 9.59 Å². The molecule has 1 atom stereocenters. The third-order valence-corrected chi connectivity index (χ3v) is 3.23. The molecule has 0 aromatic heterocycles. The zero-order chi connectivity index (χ0) is 12.2. The van der Waals surface area contributed by atoms with Gasteiger partial charge in [0.1, 0.15) is 6.29 Å². The van der Waals surface area contributed by atoms with Gasteiger partial charge in [0.2, 0.25) is 0 Å². The summed E-state index contributed by atoms with van der Waals surface area (Å²) in [5, 5.41) is 0. The lowest BCUT2D eigenvalue weighted by Gasteiger charge is -2.36. The topological polar surface area (TPSA) is 69.7 Å². The van der Waals surface area contributed by atoms with Gasteiger partial charge >= 0.3 is 11.9 Å².